The third kappa shape index (κ3) is 1.94. The van der Waals surface area contributed by atoms with E-state index >= 15 is 0 Å². The standard InChI is InChI=1S/C10H11NO2S/c1-3-14(12,13)10-6-9(7-11)5-4-8(10)2/h4-6H,3H2,1-2H3. The third-order valence-electron chi connectivity index (χ3n) is 2.03. The molecule has 0 saturated heterocycles. The van der Waals surface area contributed by atoms with E-state index in [0.29, 0.717) is 11.1 Å². The summed E-state index contributed by atoms with van der Waals surface area (Å²) in [6.45, 7) is 3.32. The Kier molecular flexibility index (Phi) is 2.92. The van der Waals surface area contributed by atoms with Crippen LogP contribution in [0.1, 0.15) is 18.1 Å². The quantitative estimate of drug-likeness (QED) is 0.744. The average molecular weight is 209 g/mol. The van der Waals surface area contributed by atoms with Gasteiger partial charge in [-0.25, -0.2) is 8.42 Å². The van der Waals surface area contributed by atoms with Crippen molar-refractivity contribution < 1.29 is 8.42 Å². The second kappa shape index (κ2) is 3.81. The molecule has 4 heteroatoms. The van der Waals surface area contributed by atoms with E-state index in [9.17, 15) is 8.42 Å². The van der Waals surface area contributed by atoms with Crippen molar-refractivity contribution in [3.8, 4) is 6.07 Å². The van der Waals surface area contributed by atoms with Gasteiger partial charge in [-0.2, -0.15) is 5.26 Å². The van der Waals surface area contributed by atoms with E-state index in [1.807, 2.05) is 6.07 Å². The second-order valence-corrected chi connectivity index (χ2v) is 5.24. The summed E-state index contributed by atoms with van der Waals surface area (Å²) < 4.78 is 23.2. The Bertz CT molecular complexity index is 483. The molecule has 0 radical (unpaired) electrons. The summed E-state index contributed by atoms with van der Waals surface area (Å²) in [5, 5.41) is 8.65. The van der Waals surface area contributed by atoms with E-state index in [4.69, 9.17) is 5.26 Å². The van der Waals surface area contributed by atoms with Gasteiger partial charge in [0.05, 0.1) is 22.3 Å². The van der Waals surface area contributed by atoms with Crippen LogP contribution in [0.25, 0.3) is 0 Å². The van der Waals surface area contributed by atoms with E-state index in [-0.39, 0.29) is 10.6 Å². The van der Waals surface area contributed by atoms with Crippen LogP contribution in [0.15, 0.2) is 23.1 Å². The number of hydrogen-bond acceptors (Lipinski definition) is 3. The van der Waals surface area contributed by atoms with Crippen LogP contribution in [0.2, 0.25) is 0 Å². The molecule has 74 valence electrons. The number of nitrogens with zero attached hydrogens (tertiary/aromatic N) is 1. The molecule has 3 nitrogen and oxygen atoms in total. The predicted molar refractivity (Wildman–Crippen MR) is 53.6 cm³/mol. The highest BCUT2D eigenvalue weighted by Gasteiger charge is 2.14. The van der Waals surface area contributed by atoms with Crippen LogP contribution in [0.5, 0.6) is 0 Å². The van der Waals surface area contributed by atoms with Crippen molar-refractivity contribution >= 4 is 9.84 Å². The van der Waals surface area contributed by atoms with Crippen molar-refractivity contribution in [3.63, 3.8) is 0 Å². The first-order valence-electron chi connectivity index (χ1n) is 4.24. The molecule has 0 aromatic heterocycles. The molecule has 1 aromatic carbocycles. The first kappa shape index (κ1) is 10.7. The molecule has 0 amide bonds. The number of nitriles is 1. The van der Waals surface area contributed by atoms with Crippen LogP contribution < -0.4 is 0 Å². The van der Waals surface area contributed by atoms with Gasteiger partial charge in [-0.05, 0) is 24.6 Å². The molecule has 14 heavy (non-hydrogen) atoms. The number of aryl methyl sites for hydroxylation is 1. The summed E-state index contributed by atoms with van der Waals surface area (Å²) in [6.07, 6.45) is 0. The number of sulfone groups is 1. The molecular weight excluding hydrogens is 198 g/mol. The maximum absolute atomic E-state index is 11.6. The summed E-state index contributed by atoms with van der Waals surface area (Å²) in [5.41, 5.74) is 1.06. The van der Waals surface area contributed by atoms with Gasteiger partial charge in [-0.15, -0.1) is 0 Å². The molecule has 0 unspecified atom stereocenters. The van der Waals surface area contributed by atoms with Crippen molar-refractivity contribution in [3.05, 3.63) is 29.3 Å². The molecule has 0 atom stereocenters. The van der Waals surface area contributed by atoms with Crippen molar-refractivity contribution in [1.29, 1.82) is 5.26 Å². The number of rotatable bonds is 2. The van der Waals surface area contributed by atoms with Crippen LogP contribution in [0.3, 0.4) is 0 Å². The Morgan fingerprint density at radius 1 is 1.43 bits per heavy atom. The van der Waals surface area contributed by atoms with Crippen LogP contribution in [-0.2, 0) is 9.84 Å². The fraction of sp³-hybridized carbons (Fsp3) is 0.300. The minimum absolute atomic E-state index is 0.0583. The van der Waals surface area contributed by atoms with Gasteiger partial charge >= 0.3 is 0 Å². The average Bonchev–Trinajstić information content (AvgIpc) is 2.18. The summed E-state index contributed by atoms with van der Waals surface area (Å²) >= 11 is 0. The lowest BCUT2D eigenvalue weighted by atomic mass is 10.2. The molecule has 1 aromatic rings. The normalized spacial score (nSPS) is 10.9. The minimum atomic E-state index is -3.21. The highest BCUT2D eigenvalue weighted by atomic mass is 32.2. The molecule has 0 aliphatic carbocycles. The highest BCUT2D eigenvalue weighted by Crippen LogP contribution is 2.17. The molecular formula is C10H11NO2S. The van der Waals surface area contributed by atoms with Crippen molar-refractivity contribution in [2.75, 3.05) is 5.75 Å². The lowest BCUT2D eigenvalue weighted by molar-refractivity contribution is 0.596. The van der Waals surface area contributed by atoms with Crippen molar-refractivity contribution in [2.45, 2.75) is 18.7 Å². The Morgan fingerprint density at radius 2 is 2.07 bits per heavy atom. The van der Waals surface area contributed by atoms with Gasteiger partial charge in [-0.1, -0.05) is 13.0 Å². The van der Waals surface area contributed by atoms with Gasteiger partial charge in [0.25, 0.3) is 0 Å². The van der Waals surface area contributed by atoms with Gasteiger partial charge in [0.2, 0.25) is 0 Å². The Hall–Kier alpha value is -1.34. The maximum Gasteiger partial charge on any atom is 0.178 e. The summed E-state index contributed by atoms with van der Waals surface area (Å²) in [7, 11) is -3.21. The molecule has 0 aliphatic heterocycles. The van der Waals surface area contributed by atoms with E-state index in [1.54, 1.807) is 26.0 Å². The molecule has 0 aliphatic rings. The third-order valence-corrected chi connectivity index (χ3v) is 3.90. The largest absolute Gasteiger partial charge is 0.224 e. The minimum Gasteiger partial charge on any atom is -0.224 e. The second-order valence-electron chi connectivity index (χ2n) is 3.00. The van der Waals surface area contributed by atoms with Crippen molar-refractivity contribution in [2.24, 2.45) is 0 Å². The fourth-order valence-electron chi connectivity index (χ4n) is 1.16. The number of benzene rings is 1. The zero-order chi connectivity index (χ0) is 10.8. The van der Waals surface area contributed by atoms with Gasteiger partial charge in [0.1, 0.15) is 0 Å². The molecule has 0 fully saturated rings. The summed E-state index contributed by atoms with van der Waals surface area (Å²) in [4.78, 5) is 0.263. The fourth-order valence-corrected chi connectivity index (χ4v) is 2.34. The van der Waals surface area contributed by atoms with Crippen LogP contribution in [-0.4, -0.2) is 14.2 Å². The van der Waals surface area contributed by atoms with E-state index < -0.39 is 9.84 Å². The van der Waals surface area contributed by atoms with E-state index in [0.717, 1.165) is 0 Å². The Labute approximate surface area is 83.9 Å². The van der Waals surface area contributed by atoms with E-state index in [2.05, 4.69) is 0 Å². The molecule has 0 saturated carbocycles. The smallest absolute Gasteiger partial charge is 0.178 e. The summed E-state index contributed by atoms with van der Waals surface area (Å²) in [6, 6.07) is 6.62. The van der Waals surface area contributed by atoms with Crippen LogP contribution >= 0.6 is 0 Å². The SMILES string of the molecule is CCS(=O)(=O)c1cc(C#N)ccc1C. The van der Waals surface area contributed by atoms with Crippen LogP contribution in [0, 0.1) is 18.3 Å². The number of hydrogen-bond donors (Lipinski definition) is 0. The van der Waals surface area contributed by atoms with Gasteiger partial charge in [-0.3, -0.25) is 0 Å². The first-order chi connectivity index (χ1) is 6.51. The van der Waals surface area contributed by atoms with Gasteiger partial charge in [0.15, 0.2) is 9.84 Å². The first-order valence-corrected chi connectivity index (χ1v) is 5.90. The molecule has 0 heterocycles. The molecule has 0 bridgehead atoms. The van der Waals surface area contributed by atoms with E-state index in [1.165, 1.54) is 6.07 Å². The molecule has 0 N–H and O–H groups in total. The Balaban J connectivity index is 3.43. The molecule has 1 rings (SSSR count). The highest BCUT2D eigenvalue weighted by molar-refractivity contribution is 7.91. The van der Waals surface area contributed by atoms with Gasteiger partial charge in [0, 0.05) is 0 Å². The monoisotopic (exact) mass is 209 g/mol. The zero-order valence-corrected chi connectivity index (χ0v) is 8.93. The van der Waals surface area contributed by atoms with Crippen LogP contribution in [0.4, 0.5) is 0 Å². The Morgan fingerprint density at radius 3 is 2.57 bits per heavy atom. The molecule has 0 spiro atoms. The maximum atomic E-state index is 11.6. The van der Waals surface area contributed by atoms with Gasteiger partial charge < -0.3 is 0 Å². The topological polar surface area (TPSA) is 57.9 Å². The van der Waals surface area contributed by atoms with Crippen molar-refractivity contribution in [1.82, 2.24) is 0 Å². The zero-order valence-electron chi connectivity index (χ0n) is 8.11. The lowest BCUT2D eigenvalue weighted by Crippen LogP contribution is -2.05. The predicted octanol–water partition coefficient (Wildman–Crippen LogP) is 1.66. The lowest BCUT2D eigenvalue weighted by Gasteiger charge is -2.05. The summed E-state index contributed by atoms with van der Waals surface area (Å²) in [5.74, 6) is 0.0583.